The molecule has 1 amide bonds. The Kier molecular flexibility index (Phi) is 4.51. The Morgan fingerprint density at radius 1 is 1.17 bits per heavy atom. The smallest absolute Gasteiger partial charge is 0.254 e. The van der Waals surface area contributed by atoms with Crippen molar-refractivity contribution in [3.8, 4) is 0 Å². The lowest BCUT2D eigenvalue weighted by atomic mass is 9.52. The van der Waals surface area contributed by atoms with Gasteiger partial charge >= 0.3 is 0 Å². The van der Waals surface area contributed by atoms with Crippen molar-refractivity contribution in [2.45, 2.75) is 80.5 Å². The molecule has 1 aromatic rings. The van der Waals surface area contributed by atoms with Crippen LogP contribution >= 0.6 is 0 Å². The lowest BCUT2D eigenvalue weighted by Crippen LogP contribution is -2.61. The minimum absolute atomic E-state index is 0.0744. The number of carbonyl (C=O) groups is 1. The van der Waals surface area contributed by atoms with Crippen LogP contribution in [0.25, 0.3) is 0 Å². The van der Waals surface area contributed by atoms with Gasteiger partial charge in [-0.25, -0.2) is 18.4 Å². The number of nitrogens with zero attached hydrogens (tertiary/aromatic N) is 2. The predicted molar refractivity (Wildman–Crippen MR) is 106 cm³/mol. The predicted octanol–water partition coefficient (Wildman–Crippen LogP) is 2.21. The summed E-state index contributed by atoms with van der Waals surface area (Å²) in [6.45, 7) is 0. The first-order chi connectivity index (χ1) is 13.7. The van der Waals surface area contributed by atoms with Crippen LogP contribution in [-0.2, 0) is 9.84 Å². The Hall–Kier alpha value is -1.54. The van der Waals surface area contributed by atoms with Crippen LogP contribution in [0.4, 0.5) is 0 Å². The molecule has 0 aromatic carbocycles. The van der Waals surface area contributed by atoms with Gasteiger partial charge in [-0.2, -0.15) is 0 Å². The molecule has 4 bridgehead atoms. The fourth-order valence-corrected chi connectivity index (χ4v) is 7.20. The van der Waals surface area contributed by atoms with Crippen molar-refractivity contribution >= 4 is 15.7 Å². The van der Waals surface area contributed by atoms with E-state index in [0.717, 1.165) is 64.0 Å². The highest BCUT2D eigenvalue weighted by atomic mass is 32.2. The number of sulfone groups is 1. The monoisotopic (exact) mass is 419 g/mol. The quantitative estimate of drug-likeness (QED) is 0.724. The Labute approximate surface area is 171 Å². The normalized spacial score (nSPS) is 36.5. The molecule has 2 atom stereocenters. The van der Waals surface area contributed by atoms with Gasteiger partial charge < -0.3 is 10.4 Å². The van der Waals surface area contributed by atoms with Crippen LogP contribution < -0.4 is 5.32 Å². The van der Waals surface area contributed by atoms with Crippen molar-refractivity contribution < 1.29 is 18.3 Å². The van der Waals surface area contributed by atoms with Crippen molar-refractivity contribution in [1.29, 1.82) is 0 Å². The van der Waals surface area contributed by atoms with E-state index in [2.05, 4.69) is 15.3 Å². The van der Waals surface area contributed by atoms with Gasteiger partial charge in [0.2, 0.25) is 15.0 Å². The van der Waals surface area contributed by atoms with E-state index in [-0.39, 0.29) is 23.0 Å². The summed E-state index contributed by atoms with van der Waals surface area (Å²) < 4.78 is 23.9. The number of hydrogen-bond donors (Lipinski definition) is 2. The zero-order chi connectivity index (χ0) is 20.4. The van der Waals surface area contributed by atoms with Gasteiger partial charge in [0.05, 0.1) is 16.9 Å². The zero-order valence-corrected chi connectivity index (χ0v) is 17.6. The molecule has 158 valence electrons. The second-order valence-electron chi connectivity index (χ2n) is 9.90. The molecule has 5 fully saturated rings. The SMILES string of the molecule is CS(=O)(=O)c1ncc(C(=O)N[C@H]2C3CC4CC2C[C@@](O)(C4)C3)c(C2CCCC2)n1. The third kappa shape index (κ3) is 3.48. The lowest BCUT2D eigenvalue weighted by Gasteiger charge is -2.58. The highest BCUT2D eigenvalue weighted by Crippen LogP contribution is 2.55. The average molecular weight is 420 g/mol. The fraction of sp³-hybridized carbons (Fsp3) is 0.762. The number of amides is 1. The molecule has 5 aliphatic rings. The Morgan fingerprint density at radius 3 is 2.41 bits per heavy atom. The molecular weight excluding hydrogens is 390 g/mol. The summed E-state index contributed by atoms with van der Waals surface area (Å²) in [6, 6.07) is 0.0744. The van der Waals surface area contributed by atoms with Gasteiger partial charge in [-0.3, -0.25) is 4.79 Å². The van der Waals surface area contributed by atoms with Crippen LogP contribution in [0.3, 0.4) is 0 Å². The summed E-state index contributed by atoms with van der Waals surface area (Å²) in [6.07, 6.45) is 11.1. The molecule has 6 rings (SSSR count). The maximum absolute atomic E-state index is 13.3. The largest absolute Gasteiger partial charge is 0.390 e. The van der Waals surface area contributed by atoms with Crippen LogP contribution in [0.2, 0.25) is 0 Å². The van der Waals surface area contributed by atoms with E-state index < -0.39 is 15.4 Å². The Balaban J connectivity index is 1.42. The van der Waals surface area contributed by atoms with E-state index in [1.54, 1.807) is 0 Å². The van der Waals surface area contributed by atoms with Crippen molar-refractivity contribution in [1.82, 2.24) is 15.3 Å². The highest BCUT2D eigenvalue weighted by Gasteiger charge is 2.55. The number of aliphatic hydroxyl groups is 1. The molecule has 0 saturated heterocycles. The second-order valence-corrected chi connectivity index (χ2v) is 11.8. The minimum Gasteiger partial charge on any atom is -0.390 e. The first-order valence-electron chi connectivity index (χ1n) is 10.8. The number of aromatic nitrogens is 2. The molecule has 0 spiro atoms. The average Bonchev–Trinajstić information content (AvgIpc) is 3.16. The summed E-state index contributed by atoms with van der Waals surface area (Å²) in [5.74, 6) is 1.13. The van der Waals surface area contributed by atoms with E-state index >= 15 is 0 Å². The zero-order valence-electron chi connectivity index (χ0n) is 16.8. The Bertz CT molecular complexity index is 925. The molecule has 2 N–H and O–H groups in total. The molecule has 1 aromatic heterocycles. The Morgan fingerprint density at radius 2 is 1.83 bits per heavy atom. The molecule has 29 heavy (non-hydrogen) atoms. The number of rotatable bonds is 4. The number of hydrogen-bond acceptors (Lipinski definition) is 6. The summed E-state index contributed by atoms with van der Waals surface area (Å²) in [5.41, 5.74) is 0.460. The first kappa shape index (κ1) is 19.4. The number of carbonyl (C=O) groups excluding carboxylic acids is 1. The lowest BCUT2D eigenvalue weighted by molar-refractivity contribution is -0.136. The molecule has 2 unspecified atom stereocenters. The summed E-state index contributed by atoms with van der Waals surface area (Å²) in [4.78, 5) is 21.6. The molecular formula is C21H29N3O4S. The number of nitrogens with one attached hydrogen (secondary N) is 1. The standard InChI is InChI=1S/C21H29N3O4S/c1-29(27,28)20-22-11-16(18(24-20)13-4-2-3-5-13)19(25)23-17-14-6-12-7-15(17)10-21(26,8-12)9-14/h11-15,17,26H,2-10H2,1H3,(H,23,25)/t12?,14?,15?,17-,21+. The minimum atomic E-state index is -3.53. The fourth-order valence-electron chi connectivity index (χ4n) is 6.69. The topological polar surface area (TPSA) is 109 Å². The molecule has 0 radical (unpaired) electrons. The van der Waals surface area contributed by atoms with E-state index in [9.17, 15) is 18.3 Å². The maximum atomic E-state index is 13.3. The van der Waals surface area contributed by atoms with Gasteiger partial charge in [0.25, 0.3) is 5.91 Å². The van der Waals surface area contributed by atoms with Crippen molar-refractivity contribution in [2.24, 2.45) is 17.8 Å². The molecule has 5 aliphatic carbocycles. The highest BCUT2D eigenvalue weighted by molar-refractivity contribution is 7.90. The van der Waals surface area contributed by atoms with Crippen LogP contribution in [0.5, 0.6) is 0 Å². The summed E-state index contributed by atoms with van der Waals surface area (Å²) in [7, 11) is -3.53. The van der Waals surface area contributed by atoms with Crippen LogP contribution in [0, 0.1) is 17.8 Å². The van der Waals surface area contributed by atoms with Gasteiger partial charge in [0.1, 0.15) is 0 Å². The van der Waals surface area contributed by atoms with Crippen molar-refractivity contribution in [3.63, 3.8) is 0 Å². The third-order valence-corrected chi connectivity index (χ3v) is 8.51. The molecule has 0 aliphatic heterocycles. The van der Waals surface area contributed by atoms with Gasteiger partial charge in [-0.05, 0) is 62.7 Å². The first-order valence-corrected chi connectivity index (χ1v) is 12.7. The molecule has 8 heteroatoms. The second kappa shape index (κ2) is 6.74. The summed E-state index contributed by atoms with van der Waals surface area (Å²) >= 11 is 0. The third-order valence-electron chi connectivity index (χ3n) is 7.65. The van der Waals surface area contributed by atoms with Crippen LogP contribution in [0.1, 0.15) is 79.8 Å². The van der Waals surface area contributed by atoms with E-state index in [0.29, 0.717) is 29.0 Å². The molecule has 1 heterocycles. The van der Waals surface area contributed by atoms with Gasteiger partial charge in [-0.1, -0.05) is 12.8 Å². The van der Waals surface area contributed by atoms with Crippen LogP contribution in [-0.4, -0.2) is 47.3 Å². The van der Waals surface area contributed by atoms with Gasteiger partial charge in [0.15, 0.2) is 0 Å². The van der Waals surface area contributed by atoms with Gasteiger partial charge in [0, 0.05) is 24.4 Å². The van der Waals surface area contributed by atoms with E-state index in [1.807, 2.05) is 0 Å². The van der Waals surface area contributed by atoms with Crippen molar-refractivity contribution in [2.75, 3.05) is 6.26 Å². The van der Waals surface area contributed by atoms with E-state index in [4.69, 9.17) is 0 Å². The molecule has 5 saturated carbocycles. The van der Waals surface area contributed by atoms with Crippen molar-refractivity contribution in [3.05, 3.63) is 17.5 Å². The maximum Gasteiger partial charge on any atom is 0.254 e. The van der Waals surface area contributed by atoms with Gasteiger partial charge in [-0.15, -0.1) is 0 Å². The van der Waals surface area contributed by atoms with E-state index in [1.165, 1.54) is 6.20 Å². The van der Waals surface area contributed by atoms with Crippen LogP contribution in [0.15, 0.2) is 11.4 Å². The summed E-state index contributed by atoms with van der Waals surface area (Å²) in [5, 5.41) is 13.8. The molecule has 7 nitrogen and oxygen atoms in total.